The van der Waals surface area contributed by atoms with Gasteiger partial charge < -0.3 is 20.1 Å². The molecule has 1 aromatic rings. The smallest absolute Gasteiger partial charge is 0.355 e. The molecule has 1 aromatic carbocycles. The number of benzene rings is 1. The van der Waals surface area contributed by atoms with Crippen molar-refractivity contribution in [3.8, 4) is 0 Å². The van der Waals surface area contributed by atoms with Gasteiger partial charge in [0.15, 0.2) is 0 Å². The largest absolute Gasteiger partial charge is 0.465 e. The van der Waals surface area contributed by atoms with E-state index in [-0.39, 0.29) is 27.5 Å². The van der Waals surface area contributed by atoms with Gasteiger partial charge in [0, 0.05) is 11.8 Å². The lowest BCUT2D eigenvalue weighted by Crippen LogP contribution is -2.27. The molecule has 0 spiro atoms. The summed E-state index contributed by atoms with van der Waals surface area (Å²) in [5, 5.41) is 0.238. The lowest BCUT2D eigenvalue weighted by Gasteiger charge is -2.24. The number of halogens is 1. The Labute approximate surface area is 148 Å². The summed E-state index contributed by atoms with van der Waals surface area (Å²) >= 11 is 6.22. The van der Waals surface area contributed by atoms with E-state index in [1.807, 2.05) is 0 Å². The molecule has 1 heterocycles. The van der Waals surface area contributed by atoms with E-state index < -0.39 is 17.8 Å². The zero-order valence-electron chi connectivity index (χ0n) is 13.5. The molecule has 8 heteroatoms. The van der Waals surface area contributed by atoms with Crippen LogP contribution in [0.5, 0.6) is 0 Å². The summed E-state index contributed by atoms with van der Waals surface area (Å²) in [6.07, 6.45) is 6.07. The summed E-state index contributed by atoms with van der Waals surface area (Å²) < 4.78 is 9.52. The monoisotopic (exact) mass is 362 g/mol. The van der Waals surface area contributed by atoms with Crippen LogP contribution in [-0.4, -0.2) is 32.1 Å². The van der Waals surface area contributed by atoms with E-state index in [4.69, 9.17) is 26.8 Å². The van der Waals surface area contributed by atoms with Crippen LogP contribution >= 0.6 is 11.6 Å². The van der Waals surface area contributed by atoms with Crippen LogP contribution in [-0.2, 0) is 19.1 Å². The molecule has 2 rings (SSSR count). The highest BCUT2D eigenvalue weighted by atomic mass is 35.5. The molecule has 1 aliphatic rings. The fourth-order valence-electron chi connectivity index (χ4n) is 2.20. The van der Waals surface area contributed by atoms with Crippen LogP contribution in [0.2, 0.25) is 5.02 Å². The van der Waals surface area contributed by atoms with Crippen molar-refractivity contribution in [2.45, 2.75) is 0 Å². The van der Waals surface area contributed by atoms with Crippen LogP contribution in [0, 0.1) is 0 Å². The second kappa shape index (κ2) is 7.67. The lowest BCUT2D eigenvalue weighted by atomic mass is 10.1. The van der Waals surface area contributed by atoms with Gasteiger partial charge in [-0.3, -0.25) is 4.79 Å². The van der Waals surface area contributed by atoms with Crippen molar-refractivity contribution < 1.29 is 23.9 Å². The molecule has 0 fully saturated rings. The molecule has 0 saturated carbocycles. The highest BCUT2D eigenvalue weighted by Crippen LogP contribution is 2.33. The molecule has 7 nitrogen and oxygen atoms in total. The van der Waals surface area contributed by atoms with Crippen LogP contribution in [0.15, 0.2) is 53.9 Å². The van der Waals surface area contributed by atoms with Gasteiger partial charge in [0.2, 0.25) is 5.91 Å². The normalized spacial score (nSPS) is 13.5. The van der Waals surface area contributed by atoms with Crippen molar-refractivity contribution in [1.82, 2.24) is 0 Å². The maximum Gasteiger partial charge on any atom is 0.355 e. The second-order valence-corrected chi connectivity index (χ2v) is 5.25. The molecule has 1 aliphatic heterocycles. The topological polar surface area (TPSA) is 98.9 Å². The van der Waals surface area contributed by atoms with Gasteiger partial charge in [0.25, 0.3) is 0 Å². The van der Waals surface area contributed by atoms with Gasteiger partial charge >= 0.3 is 11.9 Å². The van der Waals surface area contributed by atoms with Gasteiger partial charge in [-0.15, -0.1) is 0 Å². The first-order valence-electron chi connectivity index (χ1n) is 7.05. The predicted octanol–water partition coefficient (Wildman–Crippen LogP) is 1.93. The number of carbonyl (C=O) groups excluding carboxylic acids is 3. The van der Waals surface area contributed by atoms with Crippen molar-refractivity contribution in [2.24, 2.45) is 5.73 Å². The summed E-state index contributed by atoms with van der Waals surface area (Å²) in [5.41, 5.74) is 5.63. The highest BCUT2D eigenvalue weighted by molar-refractivity contribution is 6.33. The first-order chi connectivity index (χ1) is 11.9. The van der Waals surface area contributed by atoms with Crippen molar-refractivity contribution in [3.05, 3.63) is 64.5 Å². The Balaban J connectivity index is 2.73. The van der Waals surface area contributed by atoms with Crippen molar-refractivity contribution in [3.63, 3.8) is 0 Å². The van der Waals surface area contributed by atoms with Gasteiger partial charge in [-0.05, 0) is 30.4 Å². The number of nitrogens with zero attached hydrogens (tertiary/aromatic N) is 1. The fraction of sp³-hybridized carbons (Fsp3) is 0.118. The number of anilines is 1. The molecular formula is C17H15ClN2O5. The standard InChI is InChI=1S/C17H15ClN2O5/c1-24-16(22)11-5-3-4-8-20(14(11)17(23)25-2)13-9-10(15(19)21)6-7-12(13)18/h3-9H,1-2H3,(H2,19,21). The molecule has 0 aromatic heterocycles. The van der Waals surface area contributed by atoms with E-state index in [0.29, 0.717) is 0 Å². The first-order valence-corrected chi connectivity index (χ1v) is 7.42. The third-order valence-corrected chi connectivity index (χ3v) is 3.70. The SMILES string of the molecule is COC(=O)C1=C(C(=O)OC)N(c2cc(C(N)=O)ccc2Cl)C=CC=C1. The third-order valence-electron chi connectivity index (χ3n) is 3.38. The molecule has 1 amide bonds. The van der Waals surface area contributed by atoms with E-state index in [1.54, 1.807) is 12.2 Å². The van der Waals surface area contributed by atoms with Crippen LogP contribution < -0.4 is 10.6 Å². The van der Waals surface area contributed by atoms with Crippen molar-refractivity contribution >= 4 is 35.1 Å². The van der Waals surface area contributed by atoms with E-state index in [1.165, 1.54) is 49.6 Å². The molecule has 0 bridgehead atoms. The number of ether oxygens (including phenoxy) is 2. The van der Waals surface area contributed by atoms with Gasteiger partial charge in [-0.1, -0.05) is 17.7 Å². The highest BCUT2D eigenvalue weighted by Gasteiger charge is 2.28. The Morgan fingerprint density at radius 1 is 1.08 bits per heavy atom. The molecule has 0 unspecified atom stereocenters. The Morgan fingerprint density at radius 2 is 1.76 bits per heavy atom. The number of hydrogen-bond donors (Lipinski definition) is 1. The van der Waals surface area contributed by atoms with E-state index >= 15 is 0 Å². The summed E-state index contributed by atoms with van der Waals surface area (Å²) in [5.74, 6) is -2.17. The number of carbonyl (C=O) groups is 3. The number of primary amides is 1. The van der Waals surface area contributed by atoms with Gasteiger partial charge in [-0.2, -0.15) is 0 Å². The van der Waals surface area contributed by atoms with Crippen molar-refractivity contribution in [2.75, 3.05) is 19.1 Å². The van der Waals surface area contributed by atoms with Crippen LogP contribution in [0.1, 0.15) is 10.4 Å². The molecule has 2 N–H and O–H groups in total. The average molecular weight is 363 g/mol. The number of hydrogen-bond acceptors (Lipinski definition) is 6. The summed E-state index contributed by atoms with van der Waals surface area (Å²) in [7, 11) is 2.38. The number of amides is 1. The molecule has 0 atom stereocenters. The number of allylic oxidation sites excluding steroid dienone is 2. The number of rotatable bonds is 4. The Kier molecular flexibility index (Phi) is 5.61. The van der Waals surface area contributed by atoms with Crippen LogP contribution in [0.25, 0.3) is 0 Å². The summed E-state index contributed by atoms with van der Waals surface area (Å²) in [6, 6.07) is 4.34. The quantitative estimate of drug-likeness (QED) is 0.822. The Bertz CT molecular complexity index is 826. The number of esters is 2. The summed E-state index contributed by atoms with van der Waals surface area (Å²) in [6.45, 7) is 0. The van der Waals surface area contributed by atoms with Gasteiger partial charge in [0.1, 0.15) is 5.70 Å². The molecule has 0 saturated heterocycles. The minimum Gasteiger partial charge on any atom is -0.465 e. The molecule has 0 radical (unpaired) electrons. The third kappa shape index (κ3) is 3.72. The van der Waals surface area contributed by atoms with Crippen LogP contribution in [0.3, 0.4) is 0 Å². The van der Waals surface area contributed by atoms with Gasteiger partial charge in [-0.25, -0.2) is 9.59 Å². The van der Waals surface area contributed by atoms with Crippen LogP contribution in [0.4, 0.5) is 5.69 Å². The van der Waals surface area contributed by atoms with Gasteiger partial charge in [0.05, 0.1) is 30.5 Å². The first kappa shape index (κ1) is 18.3. The Hall–Kier alpha value is -3.06. The second-order valence-electron chi connectivity index (χ2n) is 4.85. The fourth-order valence-corrected chi connectivity index (χ4v) is 2.41. The molecule has 0 aliphatic carbocycles. The average Bonchev–Trinajstić information content (AvgIpc) is 2.83. The molecular weight excluding hydrogens is 348 g/mol. The maximum absolute atomic E-state index is 12.3. The number of nitrogens with two attached hydrogens (primary N) is 1. The predicted molar refractivity (Wildman–Crippen MR) is 91.8 cm³/mol. The zero-order chi connectivity index (χ0) is 18.6. The van der Waals surface area contributed by atoms with E-state index in [9.17, 15) is 14.4 Å². The minimum absolute atomic E-state index is 0.0279. The lowest BCUT2D eigenvalue weighted by molar-refractivity contribution is -0.139. The van der Waals surface area contributed by atoms with E-state index in [2.05, 4.69) is 0 Å². The molecule has 25 heavy (non-hydrogen) atoms. The van der Waals surface area contributed by atoms with Crippen molar-refractivity contribution in [1.29, 1.82) is 0 Å². The molecule has 130 valence electrons. The maximum atomic E-state index is 12.3. The summed E-state index contributed by atoms with van der Waals surface area (Å²) in [4.78, 5) is 37.2. The number of methoxy groups -OCH3 is 2. The zero-order valence-corrected chi connectivity index (χ0v) is 14.2. The minimum atomic E-state index is -0.780. The van der Waals surface area contributed by atoms with E-state index in [0.717, 1.165) is 0 Å². The Morgan fingerprint density at radius 3 is 2.36 bits per heavy atom.